The Hall–Kier alpha value is -0.120. The molecule has 0 aliphatic heterocycles. The molecule has 0 amide bonds. The monoisotopic (exact) mass is 227 g/mol. The molecule has 0 radical (unpaired) electrons. The van der Waals surface area contributed by atoms with E-state index in [1.54, 1.807) is 0 Å². The van der Waals surface area contributed by atoms with E-state index < -0.39 is 0 Å². The van der Waals surface area contributed by atoms with Gasteiger partial charge in [0.25, 0.3) is 0 Å². The first-order valence-electron chi connectivity index (χ1n) is 6.72. The Morgan fingerprint density at radius 1 is 1.50 bits per heavy atom. The molecule has 2 saturated carbocycles. The second-order valence-corrected chi connectivity index (χ2v) is 5.41. The van der Waals surface area contributed by atoms with Crippen LogP contribution < -0.4 is 5.32 Å². The van der Waals surface area contributed by atoms with E-state index in [0.29, 0.717) is 17.6 Å². The van der Waals surface area contributed by atoms with Crippen LogP contribution in [-0.2, 0) is 4.74 Å². The lowest BCUT2D eigenvalue weighted by atomic mass is 9.51. The molecule has 16 heavy (non-hydrogen) atoms. The van der Waals surface area contributed by atoms with E-state index in [0.717, 1.165) is 26.0 Å². The average Bonchev–Trinajstić information content (AvgIpc) is 2.12. The van der Waals surface area contributed by atoms with Crippen LogP contribution in [0.3, 0.4) is 0 Å². The number of hydrogen-bond acceptors (Lipinski definition) is 3. The Morgan fingerprint density at radius 3 is 2.75 bits per heavy atom. The predicted molar refractivity (Wildman–Crippen MR) is 64.4 cm³/mol. The van der Waals surface area contributed by atoms with Crippen molar-refractivity contribution in [2.45, 2.75) is 64.2 Å². The van der Waals surface area contributed by atoms with Gasteiger partial charge in [0, 0.05) is 18.1 Å². The standard InChI is InChI=1S/C13H25NO2/c1-3-16-12-9-11(13(12)6-4-7-13)14-8-5-10(2)15/h10-12,14-15H,3-9H2,1-2H3. The van der Waals surface area contributed by atoms with E-state index in [1.165, 1.54) is 19.3 Å². The first-order chi connectivity index (χ1) is 7.69. The van der Waals surface area contributed by atoms with Crippen molar-refractivity contribution in [1.82, 2.24) is 5.32 Å². The Morgan fingerprint density at radius 2 is 2.25 bits per heavy atom. The fraction of sp³-hybridized carbons (Fsp3) is 1.00. The summed E-state index contributed by atoms with van der Waals surface area (Å²) in [5, 5.41) is 12.8. The lowest BCUT2D eigenvalue weighted by molar-refractivity contribution is -0.172. The Bertz CT molecular complexity index is 226. The minimum atomic E-state index is -0.187. The first kappa shape index (κ1) is 12.3. The average molecular weight is 227 g/mol. The molecule has 3 unspecified atom stereocenters. The van der Waals surface area contributed by atoms with E-state index >= 15 is 0 Å². The summed E-state index contributed by atoms with van der Waals surface area (Å²) in [5.41, 5.74) is 0.453. The molecule has 3 nitrogen and oxygen atoms in total. The maximum atomic E-state index is 9.23. The molecule has 3 atom stereocenters. The largest absolute Gasteiger partial charge is 0.393 e. The summed E-state index contributed by atoms with van der Waals surface area (Å²) in [5.74, 6) is 0. The molecule has 94 valence electrons. The van der Waals surface area contributed by atoms with Crippen LogP contribution in [-0.4, -0.2) is 36.5 Å². The normalized spacial score (nSPS) is 33.2. The van der Waals surface area contributed by atoms with Gasteiger partial charge < -0.3 is 15.2 Å². The fourth-order valence-electron chi connectivity index (χ4n) is 3.19. The zero-order valence-electron chi connectivity index (χ0n) is 10.5. The third-order valence-electron chi connectivity index (χ3n) is 4.39. The molecule has 0 aromatic heterocycles. The van der Waals surface area contributed by atoms with Crippen molar-refractivity contribution in [2.75, 3.05) is 13.2 Å². The topological polar surface area (TPSA) is 41.5 Å². The fourth-order valence-corrected chi connectivity index (χ4v) is 3.19. The molecular formula is C13H25NO2. The summed E-state index contributed by atoms with van der Waals surface area (Å²) in [4.78, 5) is 0. The molecule has 0 aromatic rings. The highest BCUT2D eigenvalue weighted by atomic mass is 16.5. The molecule has 2 fully saturated rings. The molecule has 0 saturated heterocycles. The van der Waals surface area contributed by atoms with Crippen LogP contribution in [0.4, 0.5) is 0 Å². The van der Waals surface area contributed by atoms with Crippen LogP contribution in [0.2, 0.25) is 0 Å². The quantitative estimate of drug-likeness (QED) is 0.725. The molecular weight excluding hydrogens is 202 g/mol. The molecule has 0 bridgehead atoms. The molecule has 1 spiro atoms. The predicted octanol–water partition coefficient (Wildman–Crippen LogP) is 1.69. The van der Waals surface area contributed by atoms with Gasteiger partial charge in [0.1, 0.15) is 0 Å². The smallest absolute Gasteiger partial charge is 0.0661 e. The minimum Gasteiger partial charge on any atom is -0.393 e. The summed E-state index contributed by atoms with van der Waals surface area (Å²) < 4.78 is 5.80. The second-order valence-electron chi connectivity index (χ2n) is 5.41. The highest BCUT2D eigenvalue weighted by Crippen LogP contribution is 2.57. The van der Waals surface area contributed by atoms with Gasteiger partial charge in [-0.2, -0.15) is 0 Å². The molecule has 2 aliphatic rings. The molecule has 3 heteroatoms. The van der Waals surface area contributed by atoms with E-state index in [9.17, 15) is 5.11 Å². The third-order valence-corrected chi connectivity index (χ3v) is 4.39. The van der Waals surface area contributed by atoms with Crippen molar-refractivity contribution in [2.24, 2.45) is 5.41 Å². The summed E-state index contributed by atoms with van der Waals surface area (Å²) >= 11 is 0. The van der Waals surface area contributed by atoms with E-state index in [-0.39, 0.29) is 6.10 Å². The third kappa shape index (κ3) is 2.13. The molecule has 0 heterocycles. The Kier molecular flexibility index (Phi) is 3.88. The van der Waals surface area contributed by atoms with Crippen LogP contribution in [0.5, 0.6) is 0 Å². The highest BCUT2D eigenvalue weighted by Gasteiger charge is 2.58. The van der Waals surface area contributed by atoms with Crippen LogP contribution >= 0.6 is 0 Å². The summed E-state index contributed by atoms with van der Waals surface area (Å²) in [6, 6.07) is 0.636. The first-order valence-corrected chi connectivity index (χ1v) is 6.72. The van der Waals surface area contributed by atoms with Crippen LogP contribution in [0.25, 0.3) is 0 Å². The second kappa shape index (κ2) is 5.03. The van der Waals surface area contributed by atoms with Crippen LogP contribution in [0.1, 0.15) is 46.0 Å². The van der Waals surface area contributed by atoms with Crippen molar-refractivity contribution in [3.8, 4) is 0 Å². The van der Waals surface area contributed by atoms with Gasteiger partial charge in [-0.15, -0.1) is 0 Å². The summed E-state index contributed by atoms with van der Waals surface area (Å²) in [7, 11) is 0. The Balaban J connectivity index is 1.75. The van der Waals surface area contributed by atoms with Crippen molar-refractivity contribution >= 4 is 0 Å². The summed E-state index contributed by atoms with van der Waals surface area (Å²) in [6.07, 6.45) is 6.33. The number of rotatable bonds is 6. The van der Waals surface area contributed by atoms with Gasteiger partial charge in [0.05, 0.1) is 12.2 Å². The number of aliphatic hydroxyl groups is 1. The van der Waals surface area contributed by atoms with Gasteiger partial charge in [-0.25, -0.2) is 0 Å². The van der Waals surface area contributed by atoms with Crippen molar-refractivity contribution < 1.29 is 9.84 Å². The van der Waals surface area contributed by atoms with E-state index in [2.05, 4.69) is 12.2 Å². The molecule has 0 aromatic carbocycles. The zero-order valence-corrected chi connectivity index (χ0v) is 10.5. The maximum Gasteiger partial charge on any atom is 0.0661 e. The SMILES string of the molecule is CCOC1CC(NCCC(C)O)C12CCC2. The number of aliphatic hydroxyl groups excluding tert-OH is 1. The molecule has 2 aliphatic carbocycles. The maximum absolute atomic E-state index is 9.23. The zero-order chi connectivity index (χ0) is 11.6. The minimum absolute atomic E-state index is 0.187. The van der Waals surface area contributed by atoms with Crippen molar-refractivity contribution in [3.05, 3.63) is 0 Å². The van der Waals surface area contributed by atoms with Gasteiger partial charge in [-0.05, 0) is 46.1 Å². The summed E-state index contributed by atoms with van der Waals surface area (Å²) in [6.45, 7) is 5.71. The molecule has 2 N–H and O–H groups in total. The van der Waals surface area contributed by atoms with Gasteiger partial charge in [-0.3, -0.25) is 0 Å². The van der Waals surface area contributed by atoms with Crippen molar-refractivity contribution in [3.63, 3.8) is 0 Å². The van der Waals surface area contributed by atoms with Gasteiger partial charge in [-0.1, -0.05) is 6.42 Å². The van der Waals surface area contributed by atoms with Crippen LogP contribution in [0, 0.1) is 5.41 Å². The van der Waals surface area contributed by atoms with Crippen molar-refractivity contribution in [1.29, 1.82) is 0 Å². The van der Waals surface area contributed by atoms with Gasteiger partial charge in [0.2, 0.25) is 0 Å². The van der Waals surface area contributed by atoms with Crippen LogP contribution in [0.15, 0.2) is 0 Å². The molecule has 2 rings (SSSR count). The number of hydrogen-bond donors (Lipinski definition) is 2. The number of nitrogens with one attached hydrogen (secondary N) is 1. The van der Waals surface area contributed by atoms with E-state index in [1.807, 2.05) is 6.92 Å². The number of ether oxygens (including phenoxy) is 1. The van der Waals surface area contributed by atoms with Gasteiger partial charge >= 0.3 is 0 Å². The Labute approximate surface area is 98.6 Å². The van der Waals surface area contributed by atoms with E-state index in [4.69, 9.17) is 4.74 Å². The lowest BCUT2D eigenvalue weighted by Crippen LogP contribution is -2.67. The lowest BCUT2D eigenvalue weighted by Gasteiger charge is -2.61. The van der Waals surface area contributed by atoms with Gasteiger partial charge in [0.15, 0.2) is 0 Å². The highest BCUT2D eigenvalue weighted by molar-refractivity contribution is 5.12.